The molecule has 5 N–H and O–H groups in total. The van der Waals surface area contributed by atoms with Gasteiger partial charge in [0.05, 0.1) is 47.3 Å². The first-order chi connectivity index (χ1) is 23.2. The van der Waals surface area contributed by atoms with Crippen molar-refractivity contribution in [3.63, 3.8) is 0 Å². The molecule has 1 fully saturated rings. The minimum atomic E-state index is -0.432. The molecule has 2 aliphatic rings. The second-order valence-electron chi connectivity index (χ2n) is 11.8. The summed E-state index contributed by atoms with van der Waals surface area (Å²) in [5.74, 6) is 0.392. The van der Waals surface area contributed by atoms with E-state index in [2.05, 4.69) is 25.9 Å². The van der Waals surface area contributed by atoms with Gasteiger partial charge in [-0.05, 0) is 24.6 Å². The molecule has 14 heteroatoms. The monoisotopic (exact) mass is 690 g/mol. The van der Waals surface area contributed by atoms with E-state index in [1.165, 1.54) is 0 Å². The summed E-state index contributed by atoms with van der Waals surface area (Å²) in [4.78, 5) is 47.8. The van der Waals surface area contributed by atoms with Crippen LogP contribution in [0.3, 0.4) is 0 Å². The number of anilines is 1. The molecule has 0 bridgehead atoms. The number of nitrogens with two attached hydrogens (primary N) is 1. The van der Waals surface area contributed by atoms with Crippen molar-refractivity contribution in [1.29, 1.82) is 0 Å². The second-order valence-corrected chi connectivity index (χ2v) is 12.5. The lowest BCUT2D eigenvalue weighted by molar-refractivity contribution is -0.130. The van der Waals surface area contributed by atoms with Crippen LogP contribution in [0.25, 0.3) is 22.4 Å². The predicted molar refractivity (Wildman–Crippen MR) is 184 cm³/mol. The Morgan fingerprint density at radius 1 is 1.12 bits per heavy atom. The number of carbonyl (C=O) groups is 3. The van der Waals surface area contributed by atoms with Gasteiger partial charge in [0.1, 0.15) is 5.75 Å². The van der Waals surface area contributed by atoms with E-state index in [1.807, 2.05) is 24.3 Å². The number of nitrogens with one attached hydrogen (secondary N) is 3. The van der Waals surface area contributed by atoms with Crippen LogP contribution >= 0.6 is 23.2 Å². The maximum absolute atomic E-state index is 13.4. The summed E-state index contributed by atoms with van der Waals surface area (Å²) < 4.78 is 7.45. The zero-order valence-electron chi connectivity index (χ0n) is 26.6. The molecule has 0 spiro atoms. The van der Waals surface area contributed by atoms with E-state index >= 15 is 0 Å². The molecule has 2 aromatic heterocycles. The molecule has 0 unspecified atom stereocenters. The first kappa shape index (κ1) is 33.4. The van der Waals surface area contributed by atoms with Crippen LogP contribution in [0.2, 0.25) is 10.0 Å². The Hall–Kier alpha value is -4.49. The molecule has 250 valence electrons. The van der Waals surface area contributed by atoms with Crippen molar-refractivity contribution in [2.45, 2.75) is 38.4 Å². The number of aromatic nitrogens is 3. The molecule has 6 rings (SSSR count). The minimum Gasteiger partial charge on any atom is -0.496 e. The highest BCUT2D eigenvalue weighted by molar-refractivity contribution is 6.39. The Morgan fingerprint density at radius 2 is 1.94 bits per heavy atom. The molecular weight excluding hydrogens is 655 g/mol. The Bertz CT molecular complexity index is 1900. The molecule has 48 heavy (non-hydrogen) atoms. The lowest BCUT2D eigenvalue weighted by Gasteiger charge is -2.26. The molecular formula is C34H36Cl2N8O4. The van der Waals surface area contributed by atoms with Crippen LogP contribution in [0.4, 0.5) is 5.69 Å². The van der Waals surface area contributed by atoms with Crippen LogP contribution in [0, 0.1) is 0 Å². The second kappa shape index (κ2) is 14.3. The van der Waals surface area contributed by atoms with Crippen molar-refractivity contribution in [1.82, 2.24) is 30.1 Å². The van der Waals surface area contributed by atoms with Crippen molar-refractivity contribution in [3.8, 4) is 28.1 Å². The van der Waals surface area contributed by atoms with Gasteiger partial charge in [0.2, 0.25) is 11.8 Å². The zero-order chi connectivity index (χ0) is 33.9. The summed E-state index contributed by atoms with van der Waals surface area (Å²) in [5, 5.41) is 9.95. The van der Waals surface area contributed by atoms with Crippen LogP contribution in [-0.4, -0.2) is 69.9 Å². The number of hydrogen-bond donors (Lipinski definition) is 4. The molecule has 4 heterocycles. The molecule has 0 radical (unpaired) electrons. The quantitative estimate of drug-likeness (QED) is 0.195. The molecule has 2 aromatic carbocycles. The summed E-state index contributed by atoms with van der Waals surface area (Å²) in [6.45, 7) is 1.99. The first-order valence-corrected chi connectivity index (χ1v) is 16.4. The van der Waals surface area contributed by atoms with Gasteiger partial charge in [0.25, 0.3) is 5.91 Å². The maximum atomic E-state index is 13.4. The van der Waals surface area contributed by atoms with E-state index in [4.69, 9.17) is 33.7 Å². The van der Waals surface area contributed by atoms with Gasteiger partial charge < -0.3 is 35.9 Å². The first-order valence-electron chi connectivity index (χ1n) is 15.6. The molecule has 3 amide bonds. The number of methoxy groups -OCH3 is 1. The normalized spacial score (nSPS) is 15.6. The standard InChI is InChI=1S/C34H36Cl2N8O4/c1-43-26-11-13-44(29(46)15-37)18-25(26)41-33(43)34(47)42-24-5-3-4-22(30(24)35)23-10-12-39-32(31(23)36)19-6-7-20(27(14-19)48-2)16-38-17-21-8-9-28(45)40-21/h3-7,10,12,14,21,38H,8-9,11,13,15-18,37H2,1-2H3,(H,40,45)(H,42,47)/t21-/m0/s1. The van der Waals surface area contributed by atoms with Crippen molar-refractivity contribution in [2.24, 2.45) is 12.8 Å². The van der Waals surface area contributed by atoms with Gasteiger partial charge in [-0.15, -0.1) is 0 Å². The van der Waals surface area contributed by atoms with Crippen molar-refractivity contribution in [2.75, 3.05) is 32.1 Å². The molecule has 4 aromatic rings. The Morgan fingerprint density at radius 3 is 2.69 bits per heavy atom. The fourth-order valence-corrected chi connectivity index (χ4v) is 6.79. The molecule has 12 nitrogen and oxygen atoms in total. The van der Waals surface area contributed by atoms with E-state index in [0.717, 1.165) is 23.2 Å². The van der Waals surface area contributed by atoms with Gasteiger partial charge in [-0.2, -0.15) is 0 Å². The molecule has 0 saturated carbocycles. The smallest absolute Gasteiger partial charge is 0.291 e. The van der Waals surface area contributed by atoms with Crippen molar-refractivity contribution < 1.29 is 19.1 Å². The summed E-state index contributed by atoms with van der Waals surface area (Å²) in [7, 11) is 3.40. The highest BCUT2D eigenvalue weighted by Crippen LogP contribution is 2.41. The maximum Gasteiger partial charge on any atom is 0.291 e. The topological polar surface area (TPSA) is 156 Å². The van der Waals surface area contributed by atoms with Gasteiger partial charge >= 0.3 is 0 Å². The van der Waals surface area contributed by atoms with E-state index < -0.39 is 5.91 Å². The van der Waals surface area contributed by atoms with Gasteiger partial charge in [0, 0.05) is 79.7 Å². The highest BCUT2D eigenvalue weighted by atomic mass is 35.5. The number of carbonyl (C=O) groups excluding carboxylic acids is 3. The number of fused-ring (bicyclic) bond motifs is 1. The average Bonchev–Trinajstić information content (AvgIpc) is 3.67. The third-order valence-corrected chi connectivity index (χ3v) is 9.55. The summed E-state index contributed by atoms with van der Waals surface area (Å²) in [6, 6.07) is 13.0. The molecule has 1 atom stereocenters. The zero-order valence-corrected chi connectivity index (χ0v) is 28.1. The van der Waals surface area contributed by atoms with E-state index in [1.54, 1.807) is 48.0 Å². The summed E-state index contributed by atoms with van der Waals surface area (Å²) >= 11 is 13.9. The molecule has 1 saturated heterocycles. The highest BCUT2D eigenvalue weighted by Gasteiger charge is 2.28. The average molecular weight is 692 g/mol. The number of hydrogen-bond acceptors (Lipinski definition) is 8. The van der Waals surface area contributed by atoms with E-state index in [9.17, 15) is 14.4 Å². The number of ether oxygens (including phenoxy) is 1. The lowest BCUT2D eigenvalue weighted by atomic mass is 10.0. The van der Waals surface area contributed by atoms with Crippen molar-refractivity contribution in [3.05, 3.63) is 81.5 Å². The number of pyridine rings is 1. The summed E-state index contributed by atoms with van der Waals surface area (Å²) in [5.41, 5.74) is 11.0. The number of benzene rings is 2. The molecule has 2 aliphatic heterocycles. The van der Waals surface area contributed by atoms with Crippen LogP contribution in [0.15, 0.2) is 48.7 Å². The van der Waals surface area contributed by atoms with Gasteiger partial charge in [-0.1, -0.05) is 47.5 Å². The number of rotatable bonds is 10. The van der Waals surface area contributed by atoms with Crippen LogP contribution in [-0.2, 0) is 36.1 Å². The Kier molecular flexibility index (Phi) is 9.97. The van der Waals surface area contributed by atoms with Crippen molar-refractivity contribution >= 4 is 46.6 Å². The van der Waals surface area contributed by atoms with Gasteiger partial charge in [-0.25, -0.2) is 4.98 Å². The van der Waals surface area contributed by atoms with E-state index in [-0.39, 0.29) is 30.2 Å². The SMILES string of the molecule is COc1cc(-c2nccc(-c3cccc(NC(=O)c4nc5c(n4C)CCN(C(=O)CN)C5)c3Cl)c2Cl)ccc1CNC[C@@H]1CCC(=O)N1. The number of nitrogens with zero attached hydrogens (tertiary/aromatic N) is 4. The third-order valence-electron chi connectivity index (χ3n) is 8.76. The molecule has 0 aliphatic carbocycles. The number of amides is 3. The van der Waals surface area contributed by atoms with Crippen LogP contribution in [0.1, 0.15) is 40.4 Å². The largest absolute Gasteiger partial charge is 0.496 e. The fraction of sp³-hybridized carbons (Fsp3) is 0.324. The minimum absolute atomic E-state index is 0.0738. The fourth-order valence-electron chi connectivity index (χ4n) is 6.19. The Balaban J connectivity index is 1.21. The van der Waals surface area contributed by atoms with Gasteiger partial charge in [-0.3, -0.25) is 19.4 Å². The van der Waals surface area contributed by atoms with E-state index in [0.29, 0.717) is 83.0 Å². The predicted octanol–water partition coefficient (Wildman–Crippen LogP) is 3.93. The third kappa shape index (κ3) is 6.74. The number of halogens is 2. The lowest BCUT2D eigenvalue weighted by Crippen LogP contribution is -2.39. The Labute approximate surface area is 288 Å². The van der Waals surface area contributed by atoms with Crippen LogP contribution < -0.4 is 26.4 Å². The van der Waals surface area contributed by atoms with Gasteiger partial charge in [0.15, 0.2) is 5.82 Å². The summed E-state index contributed by atoms with van der Waals surface area (Å²) in [6.07, 6.45) is 3.62. The van der Waals surface area contributed by atoms with Crippen LogP contribution in [0.5, 0.6) is 5.75 Å². The number of imidazole rings is 1.